The lowest BCUT2D eigenvalue weighted by Crippen LogP contribution is -2.36. The van der Waals surface area contributed by atoms with Gasteiger partial charge in [-0.05, 0) is 30.9 Å². The molecule has 2 aromatic rings. The van der Waals surface area contributed by atoms with Gasteiger partial charge in [0.25, 0.3) is 5.91 Å². The molecular weight excluding hydrogens is 290 g/mol. The van der Waals surface area contributed by atoms with Crippen LogP contribution in [0.15, 0.2) is 36.8 Å². The zero-order valence-corrected chi connectivity index (χ0v) is 12.9. The highest BCUT2D eigenvalue weighted by Gasteiger charge is 2.29. The lowest BCUT2D eigenvalue weighted by atomic mass is 10.2. The summed E-state index contributed by atoms with van der Waals surface area (Å²) in [7, 11) is 0. The molecule has 4 rings (SSSR count). The highest BCUT2D eigenvalue weighted by Crippen LogP contribution is 2.32. The maximum Gasteiger partial charge on any atom is 0.255 e. The number of carbonyl (C=O) groups is 1. The molecule has 1 fully saturated rings. The van der Waals surface area contributed by atoms with Crippen LogP contribution in [0, 0.1) is 5.92 Å². The monoisotopic (exact) mass is 309 g/mol. The van der Waals surface area contributed by atoms with Gasteiger partial charge in [0.2, 0.25) is 0 Å². The molecule has 0 spiro atoms. The van der Waals surface area contributed by atoms with Crippen LogP contribution in [0.3, 0.4) is 0 Å². The summed E-state index contributed by atoms with van der Waals surface area (Å²) in [4.78, 5) is 21.5. The van der Waals surface area contributed by atoms with Gasteiger partial charge >= 0.3 is 0 Å². The van der Waals surface area contributed by atoms with Crippen molar-refractivity contribution in [3.63, 3.8) is 0 Å². The Kier molecular flexibility index (Phi) is 3.65. The quantitative estimate of drug-likeness (QED) is 0.864. The van der Waals surface area contributed by atoms with Crippen LogP contribution in [0.1, 0.15) is 28.8 Å². The molecule has 0 unspecified atom stereocenters. The lowest BCUT2D eigenvalue weighted by molar-refractivity contribution is 0.0750. The van der Waals surface area contributed by atoms with Crippen molar-refractivity contribution in [2.45, 2.75) is 19.4 Å². The molecule has 0 N–H and O–H groups in total. The minimum atomic E-state index is 0.00275. The largest absolute Gasteiger partial charge is 0.354 e. The third kappa shape index (κ3) is 3.02. The van der Waals surface area contributed by atoms with E-state index in [4.69, 9.17) is 0 Å². The number of carbonyl (C=O) groups excluding carboxylic acids is 1. The normalized spacial score (nSPS) is 17.6. The summed E-state index contributed by atoms with van der Waals surface area (Å²) >= 11 is 0. The summed E-state index contributed by atoms with van der Waals surface area (Å²) in [6, 6.07) is 5.72. The van der Waals surface area contributed by atoms with Gasteiger partial charge < -0.3 is 9.80 Å². The molecule has 0 radical (unpaired) electrons. The van der Waals surface area contributed by atoms with Crippen LogP contribution in [-0.2, 0) is 6.54 Å². The molecule has 0 aromatic carbocycles. The Bertz CT molecular complexity index is 701. The molecule has 3 heterocycles. The second kappa shape index (κ2) is 5.95. The van der Waals surface area contributed by atoms with Crippen molar-refractivity contribution in [3.05, 3.63) is 47.9 Å². The fourth-order valence-corrected chi connectivity index (χ4v) is 3.03. The first-order chi connectivity index (χ1) is 11.3. The first-order valence-electron chi connectivity index (χ1n) is 8.06. The Hall–Kier alpha value is -2.50. The second-order valence-electron chi connectivity index (χ2n) is 6.23. The topological polar surface area (TPSA) is 62.2 Å². The minimum absolute atomic E-state index is 0.00275. The van der Waals surface area contributed by atoms with E-state index in [0.29, 0.717) is 18.7 Å². The van der Waals surface area contributed by atoms with Crippen molar-refractivity contribution in [2.75, 3.05) is 24.5 Å². The molecule has 1 saturated carbocycles. The van der Waals surface area contributed by atoms with E-state index >= 15 is 0 Å². The van der Waals surface area contributed by atoms with Crippen molar-refractivity contribution in [1.82, 2.24) is 20.1 Å². The first kappa shape index (κ1) is 14.1. The number of anilines is 1. The van der Waals surface area contributed by atoms with E-state index in [1.54, 1.807) is 12.3 Å². The number of hydrogen-bond donors (Lipinski definition) is 0. The van der Waals surface area contributed by atoms with Crippen molar-refractivity contribution in [1.29, 1.82) is 0 Å². The van der Waals surface area contributed by atoms with Crippen molar-refractivity contribution in [3.8, 4) is 0 Å². The summed E-state index contributed by atoms with van der Waals surface area (Å²) in [5.74, 6) is 1.82. The van der Waals surface area contributed by atoms with Gasteiger partial charge in [0, 0.05) is 37.9 Å². The molecule has 0 atom stereocenters. The molecule has 2 aromatic heterocycles. The number of rotatable bonds is 3. The number of amides is 1. The van der Waals surface area contributed by atoms with E-state index in [9.17, 15) is 4.79 Å². The van der Waals surface area contributed by atoms with Gasteiger partial charge in [-0.25, -0.2) is 4.98 Å². The molecule has 0 saturated heterocycles. The summed E-state index contributed by atoms with van der Waals surface area (Å²) in [6.45, 7) is 3.16. The van der Waals surface area contributed by atoms with Gasteiger partial charge in [-0.2, -0.15) is 10.2 Å². The average molecular weight is 309 g/mol. The van der Waals surface area contributed by atoms with Crippen LogP contribution in [0.25, 0.3) is 0 Å². The number of aromatic nitrogens is 3. The number of fused-ring (bicyclic) bond motifs is 1. The Morgan fingerprint density at radius 1 is 1.17 bits per heavy atom. The summed E-state index contributed by atoms with van der Waals surface area (Å²) in [5, 5.41) is 7.55. The van der Waals surface area contributed by atoms with Crippen LogP contribution in [0.5, 0.6) is 0 Å². The molecule has 0 bridgehead atoms. The van der Waals surface area contributed by atoms with Crippen LogP contribution < -0.4 is 4.90 Å². The predicted molar refractivity (Wildman–Crippen MR) is 85.9 cm³/mol. The van der Waals surface area contributed by atoms with E-state index in [0.717, 1.165) is 30.4 Å². The third-order valence-electron chi connectivity index (χ3n) is 4.46. The summed E-state index contributed by atoms with van der Waals surface area (Å²) < 4.78 is 0. The van der Waals surface area contributed by atoms with Gasteiger partial charge in [-0.1, -0.05) is 6.07 Å². The molecular formula is C17H19N5O. The van der Waals surface area contributed by atoms with E-state index in [-0.39, 0.29) is 5.91 Å². The maximum atomic E-state index is 12.7. The fourth-order valence-electron chi connectivity index (χ4n) is 3.03. The Labute approximate surface area is 135 Å². The van der Waals surface area contributed by atoms with Crippen molar-refractivity contribution in [2.24, 2.45) is 5.92 Å². The number of nitrogens with zero attached hydrogens (tertiary/aromatic N) is 5. The Balaban J connectivity index is 1.59. The summed E-state index contributed by atoms with van der Waals surface area (Å²) in [5.41, 5.74) is 1.70. The van der Waals surface area contributed by atoms with E-state index < -0.39 is 0 Å². The zero-order valence-electron chi connectivity index (χ0n) is 12.9. The predicted octanol–water partition coefficient (Wildman–Crippen LogP) is 1.74. The van der Waals surface area contributed by atoms with Gasteiger partial charge in [0.1, 0.15) is 5.82 Å². The van der Waals surface area contributed by atoms with Crippen LogP contribution >= 0.6 is 0 Å². The lowest BCUT2D eigenvalue weighted by Gasteiger charge is -2.23. The molecule has 6 heteroatoms. The van der Waals surface area contributed by atoms with Crippen molar-refractivity contribution < 1.29 is 4.79 Å². The second-order valence-corrected chi connectivity index (χ2v) is 6.23. The maximum absolute atomic E-state index is 12.7. The number of hydrogen-bond acceptors (Lipinski definition) is 5. The molecule has 23 heavy (non-hydrogen) atoms. The summed E-state index contributed by atoms with van der Waals surface area (Å²) in [6.07, 6.45) is 7.54. The van der Waals surface area contributed by atoms with Crippen LogP contribution in [0.4, 0.5) is 5.82 Å². The Morgan fingerprint density at radius 3 is 2.87 bits per heavy atom. The first-order valence-corrected chi connectivity index (χ1v) is 8.06. The number of pyridine rings is 1. The van der Waals surface area contributed by atoms with E-state index in [1.165, 1.54) is 19.0 Å². The van der Waals surface area contributed by atoms with Gasteiger partial charge in [-0.15, -0.1) is 0 Å². The van der Waals surface area contributed by atoms with E-state index in [1.807, 2.05) is 17.2 Å². The highest BCUT2D eigenvalue weighted by molar-refractivity contribution is 5.94. The molecule has 1 aliphatic carbocycles. The van der Waals surface area contributed by atoms with Gasteiger partial charge in [0.15, 0.2) is 0 Å². The highest BCUT2D eigenvalue weighted by atomic mass is 16.2. The van der Waals surface area contributed by atoms with Crippen LogP contribution in [-0.4, -0.2) is 45.6 Å². The molecule has 1 amide bonds. The fraction of sp³-hybridized carbons (Fsp3) is 0.412. The molecule has 1 aliphatic heterocycles. The molecule has 6 nitrogen and oxygen atoms in total. The Morgan fingerprint density at radius 2 is 2.09 bits per heavy atom. The standard InChI is InChI=1S/C17H19N5O/c23-17(14-5-7-19-20-10-14)22-9-8-21(11-13-3-4-13)16-15(12-22)2-1-6-18-16/h1-2,5-7,10,13H,3-4,8-9,11-12H2. The van der Waals surface area contributed by atoms with Gasteiger partial charge in [-0.3, -0.25) is 4.79 Å². The van der Waals surface area contributed by atoms with Crippen LogP contribution in [0.2, 0.25) is 0 Å². The smallest absolute Gasteiger partial charge is 0.255 e. The molecule has 118 valence electrons. The minimum Gasteiger partial charge on any atom is -0.354 e. The third-order valence-corrected chi connectivity index (χ3v) is 4.46. The zero-order chi connectivity index (χ0) is 15.6. The SMILES string of the molecule is O=C(c1ccnnc1)N1CCN(CC2CC2)c2ncccc2C1. The molecule has 2 aliphatic rings. The van der Waals surface area contributed by atoms with Crippen molar-refractivity contribution >= 4 is 11.7 Å². The van der Waals surface area contributed by atoms with E-state index in [2.05, 4.69) is 26.1 Å². The van der Waals surface area contributed by atoms with Gasteiger partial charge in [0.05, 0.1) is 18.0 Å². The average Bonchev–Trinajstić information content (AvgIpc) is 3.43.